The van der Waals surface area contributed by atoms with Gasteiger partial charge in [0.15, 0.2) is 0 Å². The summed E-state index contributed by atoms with van der Waals surface area (Å²) in [6.07, 6.45) is 0.498. The molecule has 4 nitrogen and oxygen atoms in total. The van der Waals surface area contributed by atoms with Gasteiger partial charge in [0, 0.05) is 5.38 Å². The fourth-order valence-corrected chi connectivity index (χ4v) is 1.97. The van der Waals surface area contributed by atoms with Crippen LogP contribution in [0.2, 0.25) is 0 Å². The van der Waals surface area contributed by atoms with Gasteiger partial charge < -0.3 is 5.32 Å². The lowest BCUT2D eigenvalue weighted by molar-refractivity contribution is -0.120. The van der Waals surface area contributed by atoms with Gasteiger partial charge in [-0.1, -0.05) is 13.8 Å². The fourth-order valence-electron chi connectivity index (χ4n) is 1.34. The minimum Gasteiger partial charge on any atom is -0.340 e. The van der Waals surface area contributed by atoms with E-state index in [0.717, 1.165) is 0 Å². The first-order valence-corrected chi connectivity index (χ1v) is 6.03. The van der Waals surface area contributed by atoms with E-state index in [1.807, 2.05) is 13.8 Å². The van der Waals surface area contributed by atoms with Crippen molar-refractivity contribution < 1.29 is 9.59 Å². The molecular formula is C11H15N2O2S. The molecule has 16 heavy (non-hydrogen) atoms. The van der Waals surface area contributed by atoms with Crippen molar-refractivity contribution in [3.63, 3.8) is 0 Å². The maximum absolute atomic E-state index is 11.7. The highest BCUT2D eigenvalue weighted by molar-refractivity contribution is 7.08. The second kappa shape index (κ2) is 5.65. The average Bonchev–Trinajstić information content (AvgIpc) is 2.68. The smallest absolute Gasteiger partial charge is 0.260 e. The van der Waals surface area contributed by atoms with E-state index in [2.05, 4.69) is 5.32 Å². The molecule has 1 aromatic heterocycles. The number of nitrogens with one attached hydrogen (secondary N) is 2. The second-order valence-corrected chi connectivity index (χ2v) is 4.81. The summed E-state index contributed by atoms with van der Waals surface area (Å²) < 4.78 is 0. The number of rotatable bonds is 5. The molecule has 1 atom stereocenters. The predicted octanol–water partition coefficient (Wildman–Crippen LogP) is 1.70. The van der Waals surface area contributed by atoms with Crippen LogP contribution in [0.4, 0.5) is 0 Å². The summed E-state index contributed by atoms with van der Waals surface area (Å²) >= 11 is 1.42. The number of amides is 2. The molecular weight excluding hydrogens is 224 g/mol. The van der Waals surface area contributed by atoms with Crippen LogP contribution in [0.25, 0.3) is 0 Å². The Labute approximate surface area is 98.8 Å². The summed E-state index contributed by atoms with van der Waals surface area (Å²) in [5, 5.41) is 6.10. The fraction of sp³-hybridized carbons (Fsp3) is 0.455. The molecule has 1 heterocycles. The summed E-state index contributed by atoms with van der Waals surface area (Å²) in [4.78, 5) is 22.7. The van der Waals surface area contributed by atoms with Gasteiger partial charge in [0.2, 0.25) is 0 Å². The number of hydrogen-bond donors (Lipinski definition) is 1. The molecule has 0 aromatic carbocycles. The van der Waals surface area contributed by atoms with Crippen LogP contribution in [0.1, 0.15) is 30.6 Å². The SMILES string of the molecule is CC(C)C[C@H](NC(=O)c1ccsc1)C([NH])=O. The maximum atomic E-state index is 11.7. The van der Waals surface area contributed by atoms with Gasteiger partial charge in [-0.3, -0.25) is 15.3 Å². The molecule has 1 rings (SSSR count). The Kier molecular flexibility index (Phi) is 4.49. The molecule has 0 aliphatic heterocycles. The number of thiophene rings is 1. The Hall–Kier alpha value is -1.36. The van der Waals surface area contributed by atoms with Gasteiger partial charge in [-0.15, -0.1) is 0 Å². The maximum Gasteiger partial charge on any atom is 0.260 e. The zero-order valence-corrected chi connectivity index (χ0v) is 10.1. The molecule has 87 valence electrons. The van der Waals surface area contributed by atoms with Crippen LogP contribution in [0, 0.1) is 5.92 Å². The van der Waals surface area contributed by atoms with E-state index < -0.39 is 11.9 Å². The second-order valence-electron chi connectivity index (χ2n) is 4.03. The first-order valence-electron chi connectivity index (χ1n) is 5.09. The first kappa shape index (κ1) is 12.7. The summed E-state index contributed by atoms with van der Waals surface area (Å²) in [7, 11) is 0. The van der Waals surface area contributed by atoms with Crippen LogP contribution in [0.3, 0.4) is 0 Å². The quantitative estimate of drug-likeness (QED) is 0.849. The van der Waals surface area contributed by atoms with Gasteiger partial charge in [0.05, 0.1) is 5.56 Å². The molecule has 1 aromatic rings. The topological polar surface area (TPSA) is 70.0 Å². The molecule has 5 heteroatoms. The van der Waals surface area contributed by atoms with Crippen LogP contribution in [-0.4, -0.2) is 17.9 Å². The van der Waals surface area contributed by atoms with Gasteiger partial charge in [-0.2, -0.15) is 11.3 Å². The van der Waals surface area contributed by atoms with Gasteiger partial charge in [0.1, 0.15) is 6.04 Å². The van der Waals surface area contributed by atoms with Gasteiger partial charge in [-0.25, -0.2) is 0 Å². The van der Waals surface area contributed by atoms with Crippen molar-refractivity contribution in [2.75, 3.05) is 0 Å². The lowest BCUT2D eigenvalue weighted by Crippen LogP contribution is -2.42. The van der Waals surface area contributed by atoms with E-state index in [1.165, 1.54) is 11.3 Å². The molecule has 0 bridgehead atoms. The van der Waals surface area contributed by atoms with Gasteiger partial charge in [-0.05, 0) is 23.8 Å². The van der Waals surface area contributed by atoms with E-state index in [9.17, 15) is 9.59 Å². The van der Waals surface area contributed by atoms with E-state index in [1.54, 1.807) is 16.8 Å². The molecule has 0 saturated heterocycles. The Morgan fingerprint density at radius 3 is 2.62 bits per heavy atom. The van der Waals surface area contributed by atoms with Crippen LogP contribution in [0.5, 0.6) is 0 Å². The van der Waals surface area contributed by atoms with Crippen LogP contribution < -0.4 is 11.1 Å². The van der Waals surface area contributed by atoms with Gasteiger partial charge in [0.25, 0.3) is 11.8 Å². The third kappa shape index (κ3) is 3.66. The van der Waals surface area contributed by atoms with Crippen LogP contribution in [0.15, 0.2) is 16.8 Å². The number of carbonyl (C=O) groups is 2. The zero-order chi connectivity index (χ0) is 12.1. The molecule has 2 amide bonds. The molecule has 0 fully saturated rings. The Bertz CT molecular complexity index is 360. The van der Waals surface area contributed by atoms with E-state index in [-0.39, 0.29) is 11.8 Å². The summed E-state index contributed by atoms with van der Waals surface area (Å²) in [5.74, 6) is -0.758. The molecule has 2 N–H and O–H groups in total. The van der Waals surface area contributed by atoms with Gasteiger partial charge >= 0.3 is 0 Å². The normalized spacial score (nSPS) is 12.4. The molecule has 0 aliphatic carbocycles. The Morgan fingerprint density at radius 2 is 2.19 bits per heavy atom. The Morgan fingerprint density at radius 1 is 1.50 bits per heavy atom. The highest BCUT2D eigenvalue weighted by atomic mass is 32.1. The third-order valence-corrected chi connectivity index (χ3v) is 2.80. The molecule has 0 aliphatic rings. The number of carbonyl (C=O) groups excluding carboxylic acids is 2. The van der Waals surface area contributed by atoms with Crippen molar-refractivity contribution in [2.45, 2.75) is 26.3 Å². The summed E-state index contributed by atoms with van der Waals surface area (Å²) in [5.41, 5.74) is 7.64. The van der Waals surface area contributed by atoms with Crippen molar-refractivity contribution in [2.24, 2.45) is 5.92 Å². The van der Waals surface area contributed by atoms with Crippen molar-refractivity contribution >= 4 is 23.2 Å². The van der Waals surface area contributed by atoms with E-state index in [4.69, 9.17) is 5.73 Å². The highest BCUT2D eigenvalue weighted by Gasteiger charge is 2.20. The molecule has 0 unspecified atom stereocenters. The van der Waals surface area contributed by atoms with Crippen molar-refractivity contribution in [1.82, 2.24) is 11.1 Å². The van der Waals surface area contributed by atoms with E-state index >= 15 is 0 Å². The van der Waals surface area contributed by atoms with E-state index in [0.29, 0.717) is 12.0 Å². The molecule has 0 spiro atoms. The third-order valence-electron chi connectivity index (χ3n) is 2.11. The summed E-state index contributed by atoms with van der Waals surface area (Å²) in [6.45, 7) is 3.90. The minimum absolute atomic E-state index is 0.266. The van der Waals surface area contributed by atoms with Crippen molar-refractivity contribution in [3.05, 3.63) is 22.4 Å². The lowest BCUT2D eigenvalue weighted by Gasteiger charge is -2.16. The lowest BCUT2D eigenvalue weighted by atomic mass is 10.0. The largest absolute Gasteiger partial charge is 0.340 e. The van der Waals surface area contributed by atoms with Crippen molar-refractivity contribution in [1.29, 1.82) is 0 Å². The Balaban J connectivity index is 2.62. The zero-order valence-electron chi connectivity index (χ0n) is 9.32. The number of hydrogen-bond acceptors (Lipinski definition) is 3. The molecule has 1 radical (unpaired) electrons. The highest BCUT2D eigenvalue weighted by Crippen LogP contribution is 2.09. The first-order chi connectivity index (χ1) is 7.50. The molecule has 0 saturated carbocycles. The minimum atomic E-state index is -0.739. The predicted molar refractivity (Wildman–Crippen MR) is 63.1 cm³/mol. The summed E-state index contributed by atoms with van der Waals surface area (Å²) in [6, 6.07) is 0.994. The standard InChI is InChI=1S/C11H15N2O2S/c1-7(2)5-9(10(12)14)13-11(15)8-3-4-16-6-8/h3-4,6-7,9,12H,5H2,1-2H3,(H,13,15)/t9-/m0/s1. The average molecular weight is 239 g/mol. The van der Waals surface area contributed by atoms with Crippen LogP contribution in [-0.2, 0) is 4.79 Å². The van der Waals surface area contributed by atoms with Crippen LogP contribution >= 0.6 is 11.3 Å². The van der Waals surface area contributed by atoms with Crippen molar-refractivity contribution in [3.8, 4) is 0 Å². The monoisotopic (exact) mass is 239 g/mol.